The van der Waals surface area contributed by atoms with Gasteiger partial charge in [-0.25, -0.2) is 0 Å². The molecule has 0 saturated heterocycles. The summed E-state index contributed by atoms with van der Waals surface area (Å²) in [6.07, 6.45) is 0. The van der Waals surface area contributed by atoms with Gasteiger partial charge in [0.25, 0.3) is 0 Å². The van der Waals surface area contributed by atoms with Crippen molar-refractivity contribution in [1.29, 1.82) is 0 Å². The Morgan fingerprint density at radius 2 is 1.68 bits per heavy atom. The van der Waals surface area contributed by atoms with E-state index in [1.54, 1.807) is 0 Å². The fraction of sp³-hybridized carbons (Fsp3) is 0.133. The second kappa shape index (κ2) is 4.73. The predicted molar refractivity (Wildman–Crippen MR) is 94.0 cm³/mol. The van der Waals surface area contributed by atoms with Gasteiger partial charge in [-0.1, -0.05) is 0 Å². The van der Waals surface area contributed by atoms with E-state index < -0.39 is 0 Å². The molecule has 0 radical (unpaired) electrons. The van der Waals surface area contributed by atoms with E-state index in [1.165, 1.54) is 11.1 Å². The third-order valence-electron chi connectivity index (χ3n) is 3.31. The van der Waals surface area contributed by atoms with Crippen molar-refractivity contribution in [3.8, 4) is 11.3 Å². The maximum absolute atomic E-state index is 12.0. The van der Waals surface area contributed by atoms with Crippen LogP contribution in [0.15, 0.2) is 33.5 Å². The molecule has 0 bridgehead atoms. The standard InChI is InChI=1S/C15H10I2O2/c1-7-3-9-5-10-6-11(16)14(18)13(17)15(10)19-12(9)4-8(7)2/h3-6H,1-2H3. The summed E-state index contributed by atoms with van der Waals surface area (Å²) in [5, 5.41) is 1.07. The van der Waals surface area contributed by atoms with E-state index in [0.717, 1.165) is 20.1 Å². The molecule has 0 spiro atoms. The smallest absolute Gasteiger partial charge is 0.209 e. The highest BCUT2D eigenvalue weighted by Gasteiger charge is 2.16. The van der Waals surface area contributed by atoms with E-state index in [-0.39, 0.29) is 5.43 Å². The van der Waals surface area contributed by atoms with Crippen LogP contribution in [0.3, 0.4) is 0 Å². The Morgan fingerprint density at radius 3 is 2.42 bits per heavy atom. The predicted octanol–water partition coefficient (Wildman–Crippen LogP) is 4.72. The second-order valence-electron chi connectivity index (χ2n) is 4.64. The van der Waals surface area contributed by atoms with Crippen molar-refractivity contribution in [3.63, 3.8) is 0 Å². The van der Waals surface area contributed by atoms with Crippen molar-refractivity contribution < 1.29 is 4.42 Å². The van der Waals surface area contributed by atoms with Crippen LogP contribution >= 0.6 is 45.2 Å². The van der Waals surface area contributed by atoms with Crippen LogP contribution in [0.1, 0.15) is 11.1 Å². The van der Waals surface area contributed by atoms with Gasteiger partial charge in [0, 0.05) is 10.9 Å². The van der Waals surface area contributed by atoms with Gasteiger partial charge in [-0.2, -0.15) is 0 Å². The number of halogens is 2. The zero-order valence-corrected chi connectivity index (χ0v) is 14.7. The molecule has 0 atom stereocenters. The number of benzene rings is 2. The van der Waals surface area contributed by atoms with Gasteiger partial charge in [0.2, 0.25) is 5.43 Å². The van der Waals surface area contributed by atoms with Gasteiger partial charge in [0.1, 0.15) is 9.15 Å². The van der Waals surface area contributed by atoms with Gasteiger partial charge in [0.15, 0.2) is 5.76 Å². The Labute approximate surface area is 137 Å². The Balaban J connectivity index is 2.50. The first-order chi connectivity index (χ1) is 8.97. The number of aryl methyl sites for hydroxylation is 2. The Bertz CT molecular complexity index is 834. The van der Waals surface area contributed by atoms with Gasteiger partial charge < -0.3 is 4.42 Å². The van der Waals surface area contributed by atoms with Crippen molar-refractivity contribution in [2.45, 2.75) is 13.8 Å². The molecule has 3 rings (SSSR count). The van der Waals surface area contributed by atoms with E-state index >= 15 is 0 Å². The van der Waals surface area contributed by atoms with Crippen LogP contribution in [-0.4, -0.2) is 0 Å². The molecule has 0 unspecified atom stereocenters. The van der Waals surface area contributed by atoms with Crippen molar-refractivity contribution in [1.82, 2.24) is 0 Å². The van der Waals surface area contributed by atoms with Crippen molar-refractivity contribution in [2.75, 3.05) is 0 Å². The zero-order valence-electron chi connectivity index (χ0n) is 10.4. The lowest BCUT2D eigenvalue weighted by atomic mass is 10.0. The summed E-state index contributed by atoms with van der Waals surface area (Å²) >= 11 is 4.14. The first-order valence-electron chi connectivity index (χ1n) is 5.80. The lowest BCUT2D eigenvalue weighted by Gasteiger charge is -2.11. The molecule has 1 aromatic rings. The summed E-state index contributed by atoms with van der Waals surface area (Å²) in [6.45, 7) is 4.15. The molecule has 1 heterocycles. The lowest BCUT2D eigenvalue weighted by molar-refractivity contribution is 0.614. The molecular weight excluding hydrogens is 466 g/mol. The highest BCUT2D eigenvalue weighted by Crippen LogP contribution is 2.32. The van der Waals surface area contributed by atoms with Crippen molar-refractivity contribution in [3.05, 3.63) is 52.8 Å². The van der Waals surface area contributed by atoms with E-state index in [0.29, 0.717) is 9.33 Å². The molecule has 0 fully saturated rings. The second-order valence-corrected chi connectivity index (χ2v) is 6.88. The van der Waals surface area contributed by atoms with Crippen molar-refractivity contribution in [2.24, 2.45) is 0 Å². The number of rotatable bonds is 0. The van der Waals surface area contributed by atoms with Crippen LogP contribution in [0.2, 0.25) is 0 Å². The van der Waals surface area contributed by atoms with Gasteiger partial charge in [-0.3, -0.25) is 4.79 Å². The largest absolute Gasteiger partial charge is 0.455 e. The van der Waals surface area contributed by atoms with Crippen molar-refractivity contribution >= 4 is 56.2 Å². The van der Waals surface area contributed by atoms with Gasteiger partial charge in [-0.05, 0) is 94.4 Å². The first kappa shape index (κ1) is 13.4. The van der Waals surface area contributed by atoms with Crippen LogP contribution in [0, 0.1) is 21.0 Å². The molecule has 2 aliphatic rings. The van der Waals surface area contributed by atoms with Crippen LogP contribution in [-0.2, 0) is 0 Å². The van der Waals surface area contributed by atoms with Gasteiger partial charge in [-0.15, -0.1) is 0 Å². The van der Waals surface area contributed by atoms with E-state index in [4.69, 9.17) is 4.42 Å². The Morgan fingerprint density at radius 1 is 1.00 bits per heavy atom. The number of hydrogen-bond donors (Lipinski definition) is 0. The molecule has 0 amide bonds. The molecule has 0 N–H and O–H groups in total. The zero-order chi connectivity index (χ0) is 13.7. The fourth-order valence-corrected chi connectivity index (χ4v) is 3.94. The van der Waals surface area contributed by atoms with Crippen LogP contribution in [0.25, 0.3) is 22.3 Å². The minimum absolute atomic E-state index is 0.0423. The third kappa shape index (κ3) is 2.18. The normalized spacial score (nSPS) is 11.4. The average molecular weight is 476 g/mol. The SMILES string of the molecule is Cc1cc2cc3cc(I)c(=O)c(I)c-3oc2cc1C. The molecule has 0 aromatic heterocycles. The quantitative estimate of drug-likeness (QED) is 0.348. The lowest BCUT2D eigenvalue weighted by Crippen LogP contribution is -2.11. The van der Waals surface area contributed by atoms with Crippen LogP contribution in [0.4, 0.5) is 0 Å². The monoisotopic (exact) mass is 476 g/mol. The summed E-state index contributed by atoms with van der Waals surface area (Å²) in [4.78, 5) is 12.0. The van der Waals surface area contributed by atoms with Gasteiger partial charge >= 0.3 is 0 Å². The highest BCUT2D eigenvalue weighted by atomic mass is 127. The molecule has 2 nitrogen and oxygen atoms in total. The van der Waals surface area contributed by atoms with Crippen LogP contribution < -0.4 is 5.43 Å². The minimum Gasteiger partial charge on any atom is -0.455 e. The first-order valence-corrected chi connectivity index (χ1v) is 7.96. The summed E-state index contributed by atoms with van der Waals surface area (Å²) in [5.74, 6) is 0.682. The summed E-state index contributed by atoms with van der Waals surface area (Å²) in [7, 11) is 0. The fourth-order valence-electron chi connectivity index (χ4n) is 2.10. The molecule has 4 heteroatoms. The van der Waals surface area contributed by atoms with E-state index in [2.05, 4.69) is 71.2 Å². The van der Waals surface area contributed by atoms with Crippen LogP contribution in [0.5, 0.6) is 0 Å². The van der Waals surface area contributed by atoms with E-state index in [1.807, 2.05) is 12.1 Å². The molecule has 1 aromatic carbocycles. The maximum Gasteiger partial charge on any atom is 0.209 e. The average Bonchev–Trinajstić information content (AvgIpc) is 2.37. The highest BCUT2D eigenvalue weighted by molar-refractivity contribution is 14.1. The molecule has 96 valence electrons. The summed E-state index contributed by atoms with van der Waals surface area (Å²) < 4.78 is 7.32. The Hall–Kier alpha value is -0.630. The minimum atomic E-state index is 0.0423. The molecular formula is C15H10I2O2. The topological polar surface area (TPSA) is 30.2 Å². The molecule has 1 aliphatic heterocycles. The maximum atomic E-state index is 12.0. The molecule has 1 aliphatic carbocycles. The Kier molecular flexibility index (Phi) is 3.33. The molecule has 0 saturated carbocycles. The summed E-state index contributed by atoms with van der Waals surface area (Å²) in [5.41, 5.74) is 4.28. The summed E-state index contributed by atoms with van der Waals surface area (Å²) in [6, 6.07) is 8.13. The number of fused-ring (bicyclic) bond motifs is 2. The third-order valence-corrected chi connectivity index (χ3v) is 5.09. The van der Waals surface area contributed by atoms with E-state index in [9.17, 15) is 4.79 Å². The molecule has 19 heavy (non-hydrogen) atoms. The number of hydrogen-bond acceptors (Lipinski definition) is 2. The van der Waals surface area contributed by atoms with Gasteiger partial charge in [0.05, 0.1) is 3.57 Å².